The number of para-hydroxylation sites is 1. The molecule has 8 nitrogen and oxygen atoms in total. The lowest BCUT2D eigenvalue weighted by atomic mass is 10.1. The first kappa shape index (κ1) is 20.7. The number of carbonyl (C=O) groups is 3. The number of amides is 3. The Kier molecular flexibility index (Phi) is 6.49. The van der Waals surface area contributed by atoms with Gasteiger partial charge >= 0.3 is 0 Å². The van der Waals surface area contributed by atoms with Crippen LogP contribution in [0.3, 0.4) is 0 Å². The smallest absolute Gasteiger partial charge is 0.291 e. The second kappa shape index (κ2) is 9.42. The maximum absolute atomic E-state index is 12.7. The van der Waals surface area contributed by atoms with E-state index in [9.17, 15) is 14.4 Å². The summed E-state index contributed by atoms with van der Waals surface area (Å²) in [6.45, 7) is -0.0680. The molecule has 0 aliphatic rings. The van der Waals surface area contributed by atoms with E-state index in [0.29, 0.717) is 22.7 Å². The van der Waals surface area contributed by atoms with Gasteiger partial charge in [0.05, 0.1) is 17.5 Å². The van der Waals surface area contributed by atoms with Gasteiger partial charge in [0.15, 0.2) is 12.4 Å². The number of anilines is 2. The van der Waals surface area contributed by atoms with Crippen molar-refractivity contribution in [1.29, 1.82) is 0 Å². The molecule has 0 saturated carbocycles. The van der Waals surface area contributed by atoms with E-state index in [1.54, 1.807) is 68.7 Å². The third kappa shape index (κ3) is 5.26. The number of benzene rings is 2. The van der Waals surface area contributed by atoms with Crippen LogP contribution in [0.1, 0.15) is 20.9 Å². The van der Waals surface area contributed by atoms with E-state index in [2.05, 4.69) is 10.6 Å². The van der Waals surface area contributed by atoms with Crippen LogP contribution in [0.4, 0.5) is 11.4 Å². The summed E-state index contributed by atoms with van der Waals surface area (Å²) >= 11 is 0. The molecular weight excluding hydrogens is 386 g/mol. The minimum absolute atomic E-state index is 0.0680. The van der Waals surface area contributed by atoms with Crippen molar-refractivity contribution >= 4 is 29.1 Å². The van der Waals surface area contributed by atoms with E-state index in [1.165, 1.54) is 17.2 Å². The van der Waals surface area contributed by atoms with Crippen LogP contribution in [0.25, 0.3) is 0 Å². The lowest BCUT2D eigenvalue weighted by Gasteiger charge is -2.12. The Morgan fingerprint density at radius 2 is 1.63 bits per heavy atom. The number of ether oxygens (including phenoxy) is 1. The fraction of sp³-hybridized carbons (Fsp3) is 0.136. The first-order valence-electron chi connectivity index (χ1n) is 9.12. The third-order valence-electron chi connectivity index (χ3n) is 4.14. The topological polar surface area (TPSA) is 101 Å². The highest BCUT2D eigenvalue weighted by Gasteiger charge is 2.15. The zero-order chi connectivity index (χ0) is 21.5. The van der Waals surface area contributed by atoms with E-state index in [1.807, 2.05) is 0 Å². The van der Waals surface area contributed by atoms with Crippen molar-refractivity contribution < 1.29 is 23.5 Å². The van der Waals surface area contributed by atoms with E-state index in [0.717, 1.165) is 0 Å². The van der Waals surface area contributed by atoms with Crippen LogP contribution in [-0.2, 0) is 4.79 Å². The Morgan fingerprint density at radius 3 is 2.30 bits per heavy atom. The molecular formula is C22H21N3O5. The molecule has 2 N–H and O–H groups in total. The third-order valence-corrected chi connectivity index (χ3v) is 4.14. The Labute approximate surface area is 173 Å². The van der Waals surface area contributed by atoms with Crippen LogP contribution < -0.4 is 15.4 Å². The summed E-state index contributed by atoms with van der Waals surface area (Å²) in [6, 6.07) is 16.4. The minimum atomic E-state index is -0.450. The predicted octanol–water partition coefficient (Wildman–Crippen LogP) is 3.25. The molecule has 1 heterocycles. The minimum Gasteiger partial charge on any atom is -0.484 e. The number of carbonyl (C=O) groups excluding carboxylic acids is 3. The predicted molar refractivity (Wildman–Crippen MR) is 112 cm³/mol. The zero-order valence-electron chi connectivity index (χ0n) is 16.5. The van der Waals surface area contributed by atoms with E-state index < -0.39 is 5.91 Å². The SMILES string of the molecule is CN(C)C(=O)COc1ccc(NC(=O)c2ccccc2NC(=O)c2ccco2)cc1. The molecule has 154 valence electrons. The van der Waals surface area contributed by atoms with Gasteiger partial charge in [-0.3, -0.25) is 14.4 Å². The van der Waals surface area contributed by atoms with Crippen molar-refractivity contribution in [2.24, 2.45) is 0 Å². The lowest BCUT2D eigenvalue weighted by molar-refractivity contribution is -0.130. The molecule has 3 amide bonds. The van der Waals surface area contributed by atoms with Gasteiger partial charge in [-0.25, -0.2) is 0 Å². The largest absolute Gasteiger partial charge is 0.484 e. The van der Waals surface area contributed by atoms with Crippen molar-refractivity contribution in [3.8, 4) is 5.75 Å². The average Bonchev–Trinajstić information content (AvgIpc) is 3.28. The van der Waals surface area contributed by atoms with Gasteiger partial charge in [-0.2, -0.15) is 0 Å². The molecule has 3 rings (SSSR count). The van der Waals surface area contributed by atoms with Crippen molar-refractivity contribution in [2.45, 2.75) is 0 Å². The molecule has 0 unspecified atom stereocenters. The second-order valence-corrected chi connectivity index (χ2v) is 6.53. The maximum atomic E-state index is 12.7. The zero-order valence-corrected chi connectivity index (χ0v) is 16.5. The van der Waals surface area contributed by atoms with Gasteiger partial charge in [-0.05, 0) is 48.5 Å². The van der Waals surface area contributed by atoms with Gasteiger partial charge in [0.2, 0.25) is 0 Å². The van der Waals surface area contributed by atoms with Gasteiger partial charge in [0.1, 0.15) is 5.75 Å². The molecule has 8 heteroatoms. The highest BCUT2D eigenvalue weighted by Crippen LogP contribution is 2.20. The van der Waals surface area contributed by atoms with Crippen molar-refractivity contribution in [3.05, 3.63) is 78.3 Å². The molecule has 0 aliphatic heterocycles. The quantitative estimate of drug-likeness (QED) is 0.626. The fourth-order valence-corrected chi connectivity index (χ4v) is 2.49. The molecule has 0 radical (unpaired) electrons. The lowest BCUT2D eigenvalue weighted by Crippen LogP contribution is -2.27. The summed E-state index contributed by atoms with van der Waals surface area (Å²) in [4.78, 5) is 37.9. The second-order valence-electron chi connectivity index (χ2n) is 6.53. The maximum Gasteiger partial charge on any atom is 0.291 e. The normalized spacial score (nSPS) is 10.2. The molecule has 2 aromatic carbocycles. The van der Waals surface area contributed by atoms with Gasteiger partial charge < -0.3 is 24.7 Å². The van der Waals surface area contributed by atoms with Crippen LogP contribution in [0.5, 0.6) is 5.75 Å². The first-order valence-corrected chi connectivity index (χ1v) is 9.12. The molecule has 0 spiro atoms. The van der Waals surface area contributed by atoms with Crippen molar-refractivity contribution in [2.75, 3.05) is 31.3 Å². The summed E-state index contributed by atoms with van der Waals surface area (Å²) in [5.74, 6) is -0.334. The van der Waals surface area contributed by atoms with E-state index in [-0.39, 0.29) is 24.2 Å². The number of furan rings is 1. The molecule has 0 atom stereocenters. The molecule has 0 bridgehead atoms. The number of hydrogen-bond acceptors (Lipinski definition) is 5. The van der Waals surface area contributed by atoms with Gasteiger partial charge in [0.25, 0.3) is 17.7 Å². The number of nitrogens with zero attached hydrogens (tertiary/aromatic N) is 1. The summed E-state index contributed by atoms with van der Waals surface area (Å²) in [5, 5.41) is 5.45. The van der Waals surface area contributed by atoms with Crippen LogP contribution in [0.2, 0.25) is 0 Å². The standard InChI is InChI=1S/C22H21N3O5/c1-25(2)20(26)14-30-16-11-9-15(10-12-16)23-21(27)17-6-3-4-7-18(17)24-22(28)19-8-5-13-29-19/h3-13H,14H2,1-2H3,(H,23,27)(H,24,28). The van der Waals surface area contributed by atoms with Gasteiger partial charge in [-0.1, -0.05) is 12.1 Å². The number of likely N-dealkylation sites (N-methyl/N-ethyl adjacent to an activating group) is 1. The van der Waals surface area contributed by atoms with Gasteiger partial charge in [0, 0.05) is 19.8 Å². The first-order chi connectivity index (χ1) is 14.4. The van der Waals surface area contributed by atoms with Crippen LogP contribution in [0, 0.1) is 0 Å². The fourth-order valence-electron chi connectivity index (χ4n) is 2.49. The highest BCUT2D eigenvalue weighted by atomic mass is 16.5. The molecule has 0 aliphatic carbocycles. The Bertz CT molecular complexity index is 1030. The Balaban J connectivity index is 1.65. The number of hydrogen-bond donors (Lipinski definition) is 2. The van der Waals surface area contributed by atoms with E-state index in [4.69, 9.17) is 9.15 Å². The van der Waals surface area contributed by atoms with Crippen molar-refractivity contribution in [3.63, 3.8) is 0 Å². The van der Waals surface area contributed by atoms with E-state index >= 15 is 0 Å². The Hall–Kier alpha value is -4.07. The molecule has 0 saturated heterocycles. The van der Waals surface area contributed by atoms with Crippen LogP contribution >= 0.6 is 0 Å². The summed E-state index contributed by atoms with van der Waals surface area (Å²) in [7, 11) is 3.30. The highest BCUT2D eigenvalue weighted by molar-refractivity contribution is 6.11. The molecule has 3 aromatic rings. The number of nitrogens with one attached hydrogen (secondary N) is 2. The van der Waals surface area contributed by atoms with Crippen molar-refractivity contribution in [1.82, 2.24) is 4.90 Å². The average molecular weight is 407 g/mol. The monoisotopic (exact) mass is 407 g/mol. The Morgan fingerprint density at radius 1 is 0.900 bits per heavy atom. The van der Waals surface area contributed by atoms with Gasteiger partial charge in [-0.15, -0.1) is 0 Å². The van der Waals surface area contributed by atoms with Crippen LogP contribution in [-0.4, -0.2) is 43.3 Å². The molecule has 0 fully saturated rings. The summed E-state index contributed by atoms with van der Waals surface area (Å²) in [5.41, 5.74) is 1.20. The summed E-state index contributed by atoms with van der Waals surface area (Å²) in [6.07, 6.45) is 1.40. The molecule has 30 heavy (non-hydrogen) atoms. The van der Waals surface area contributed by atoms with Crippen LogP contribution in [0.15, 0.2) is 71.3 Å². The number of rotatable bonds is 7. The summed E-state index contributed by atoms with van der Waals surface area (Å²) < 4.78 is 10.5. The molecule has 1 aromatic heterocycles.